The molecule has 2 aliphatic rings. The Morgan fingerprint density at radius 1 is 1.25 bits per heavy atom. The summed E-state index contributed by atoms with van der Waals surface area (Å²) in [6.45, 7) is 4.87. The van der Waals surface area contributed by atoms with Crippen LogP contribution in [0, 0.1) is 5.41 Å². The molecule has 28 heavy (non-hydrogen) atoms. The summed E-state index contributed by atoms with van der Waals surface area (Å²) in [6.07, 6.45) is 6.78. The molecule has 0 aromatic carbocycles. The molecule has 162 valence electrons. The van der Waals surface area contributed by atoms with Gasteiger partial charge in [0.25, 0.3) is 0 Å². The summed E-state index contributed by atoms with van der Waals surface area (Å²) in [5, 5.41) is 9.39. The van der Waals surface area contributed by atoms with E-state index in [2.05, 4.69) is 20.9 Å². The molecule has 1 atom stereocenters. The van der Waals surface area contributed by atoms with Gasteiger partial charge < -0.3 is 20.7 Å². The van der Waals surface area contributed by atoms with E-state index in [1.165, 1.54) is 25.7 Å². The standard InChI is InChI=1S/C19H36N4O4S/c1-3-27-12-10-19(8-4-5-9-19)15-22-18(20-2)21-11-6-17(24)23-16-7-13-28(25,26)14-16/h16H,3-15H2,1-2H3,(H,23,24)(H2,20,21,22). The van der Waals surface area contributed by atoms with E-state index in [0.717, 1.165) is 26.2 Å². The molecule has 1 unspecified atom stereocenters. The summed E-state index contributed by atoms with van der Waals surface area (Å²) in [6, 6.07) is -0.248. The van der Waals surface area contributed by atoms with Crippen molar-refractivity contribution in [1.82, 2.24) is 16.0 Å². The maximum absolute atomic E-state index is 12.0. The number of guanidine groups is 1. The van der Waals surface area contributed by atoms with Gasteiger partial charge in [-0.25, -0.2) is 8.42 Å². The molecule has 1 saturated heterocycles. The van der Waals surface area contributed by atoms with Crippen LogP contribution in [0.4, 0.5) is 0 Å². The molecule has 2 rings (SSSR count). The van der Waals surface area contributed by atoms with Gasteiger partial charge in [0.05, 0.1) is 11.5 Å². The molecule has 1 aliphatic heterocycles. The van der Waals surface area contributed by atoms with Crippen LogP contribution in [0.25, 0.3) is 0 Å². The van der Waals surface area contributed by atoms with Gasteiger partial charge in [-0.2, -0.15) is 0 Å². The zero-order valence-corrected chi connectivity index (χ0v) is 18.1. The van der Waals surface area contributed by atoms with Gasteiger partial charge in [0.15, 0.2) is 15.8 Å². The van der Waals surface area contributed by atoms with Gasteiger partial charge in [-0.05, 0) is 38.0 Å². The summed E-state index contributed by atoms with van der Waals surface area (Å²) in [5.41, 5.74) is 0.262. The largest absolute Gasteiger partial charge is 0.382 e. The Morgan fingerprint density at radius 3 is 2.61 bits per heavy atom. The van der Waals surface area contributed by atoms with Crippen LogP contribution in [-0.4, -0.2) is 71.2 Å². The minimum atomic E-state index is -2.98. The second-order valence-corrected chi connectivity index (χ2v) is 10.2. The minimum Gasteiger partial charge on any atom is -0.382 e. The molecule has 1 saturated carbocycles. The van der Waals surface area contributed by atoms with Crippen molar-refractivity contribution in [3.05, 3.63) is 0 Å². The van der Waals surface area contributed by atoms with E-state index in [1.54, 1.807) is 7.05 Å². The molecule has 0 spiro atoms. The van der Waals surface area contributed by atoms with Gasteiger partial charge in [0, 0.05) is 45.8 Å². The summed E-state index contributed by atoms with van der Waals surface area (Å²) < 4.78 is 28.5. The molecule has 2 fully saturated rings. The van der Waals surface area contributed by atoms with Crippen LogP contribution in [0.1, 0.15) is 51.9 Å². The maximum Gasteiger partial charge on any atom is 0.222 e. The Hall–Kier alpha value is -1.35. The van der Waals surface area contributed by atoms with Crippen molar-refractivity contribution in [3.63, 3.8) is 0 Å². The summed E-state index contributed by atoms with van der Waals surface area (Å²) in [7, 11) is -1.25. The molecule has 1 amide bonds. The van der Waals surface area contributed by atoms with Crippen LogP contribution in [0.3, 0.4) is 0 Å². The highest BCUT2D eigenvalue weighted by molar-refractivity contribution is 7.91. The first-order valence-electron chi connectivity index (χ1n) is 10.4. The number of nitrogens with one attached hydrogen (secondary N) is 3. The van der Waals surface area contributed by atoms with Crippen molar-refractivity contribution in [2.45, 2.75) is 57.9 Å². The lowest BCUT2D eigenvalue weighted by Gasteiger charge is -2.30. The molecule has 1 heterocycles. The fourth-order valence-electron chi connectivity index (χ4n) is 4.07. The van der Waals surface area contributed by atoms with Crippen LogP contribution in [-0.2, 0) is 19.4 Å². The van der Waals surface area contributed by atoms with Gasteiger partial charge in [0.2, 0.25) is 5.91 Å². The smallest absolute Gasteiger partial charge is 0.222 e. The highest BCUT2D eigenvalue weighted by Gasteiger charge is 2.33. The van der Waals surface area contributed by atoms with Gasteiger partial charge in [-0.3, -0.25) is 9.79 Å². The molecule has 1 aliphatic carbocycles. The van der Waals surface area contributed by atoms with Crippen LogP contribution < -0.4 is 16.0 Å². The normalized spacial score (nSPS) is 23.5. The molecular weight excluding hydrogens is 380 g/mol. The van der Waals surface area contributed by atoms with Crippen molar-refractivity contribution >= 4 is 21.7 Å². The summed E-state index contributed by atoms with van der Waals surface area (Å²) >= 11 is 0. The van der Waals surface area contributed by atoms with E-state index >= 15 is 0 Å². The Kier molecular flexibility index (Phi) is 9.01. The first-order valence-corrected chi connectivity index (χ1v) is 12.2. The Balaban J connectivity index is 1.68. The lowest BCUT2D eigenvalue weighted by Crippen LogP contribution is -2.44. The van der Waals surface area contributed by atoms with Crippen molar-refractivity contribution < 1.29 is 17.9 Å². The molecule has 0 aromatic rings. The van der Waals surface area contributed by atoms with Crippen molar-refractivity contribution in [3.8, 4) is 0 Å². The predicted octanol–water partition coefficient (Wildman–Crippen LogP) is 0.832. The van der Waals surface area contributed by atoms with Crippen LogP contribution in [0.5, 0.6) is 0 Å². The van der Waals surface area contributed by atoms with Crippen molar-refractivity contribution in [1.29, 1.82) is 0 Å². The van der Waals surface area contributed by atoms with E-state index in [0.29, 0.717) is 18.9 Å². The second-order valence-electron chi connectivity index (χ2n) is 7.92. The Bertz CT molecular complexity index is 630. The number of carbonyl (C=O) groups excluding carboxylic acids is 1. The SMILES string of the molecule is CCOCCC1(CNC(=NC)NCCC(=O)NC2CCS(=O)(=O)C2)CCCC1. The van der Waals surface area contributed by atoms with E-state index in [4.69, 9.17) is 4.74 Å². The van der Waals surface area contributed by atoms with E-state index in [1.807, 2.05) is 6.92 Å². The third-order valence-electron chi connectivity index (χ3n) is 5.74. The van der Waals surface area contributed by atoms with Gasteiger partial charge in [0.1, 0.15) is 0 Å². The van der Waals surface area contributed by atoms with Gasteiger partial charge in [-0.1, -0.05) is 12.8 Å². The molecule has 0 radical (unpaired) electrons. The number of nitrogens with zero attached hydrogens (tertiary/aromatic N) is 1. The molecule has 9 heteroatoms. The summed E-state index contributed by atoms with van der Waals surface area (Å²) in [5.74, 6) is 0.782. The number of ether oxygens (including phenoxy) is 1. The van der Waals surface area contributed by atoms with E-state index < -0.39 is 9.84 Å². The predicted molar refractivity (Wildman–Crippen MR) is 111 cm³/mol. The zero-order valence-electron chi connectivity index (χ0n) is 17.3. The lowest BCUT2D eigenvalue weighted by atomic mass is 9.83. The van der Waals surface area contributed by atoms with E-state index in [-0.39, 0.29) is 35.3 Å². The molecule has 0 bridgehead atoms. The zero-order chi connectivity index (χ0) is 20.5. The molecule has 3 N–H and O–H groups in total. The number of carbonyl (C=O) groups is 1. The Morgan fingerprint density at radius 2 is 2.00 bits per heavy atom. The average Bonchev–Trinajstić information content (AvgIpc) is 3.25. The third kappa shape index (κ3) is 7.58. The molecular formula is C19H36N4O4S. The fourth-order valence-corrected chi connectivity index (χ4v) is 5.74. The number of hydrogen-bond acceptors (Lipinski definition) is 5. The first kappa shape index (κ1) is 22.9. The maximum atomic E-state index is 12.0. The summed E-state index contributed by atoms with van der Waals surface area (Å²) in [4.78, 5) is 16.3. The quantitative estimate of drug-likeness (QED) is 0.277. The fraction of sp³-hybridized carbons (Fsp3) is 0.895. The number of aliphatic imine (C=N–C) groups is 1. The van der Waals surface area contributed by atoms with Crippen LogP contribution in [0.15, 0.2) is 4.99 Å². The number of sulfone groups is 1. The number of hydrogen-bond donors (Lipinski definition) is 3. The second kappa shape index (κ2) is 11.0. The highest BCUT2D eigenvalue weighted by Crippen LogP contribution is 2.40. The topological polar surface area (TPSA) is 109 Å². The Labute approximate surface area is 169 Å². The molecule has 8 nitrogen and oxygen atoms in total. The highest BCUT2D eigenvalue weighted by atomic mass is 32.2. The minimum absolute atomic E-state index is 0.0548. The van der Waals surface area contributed by atoms with Gasteiger partial charge in [-0.15, -0.1) is 0 Å². The van der Waals surface area contributed by atoms with E-state index in [9.17, 15) is 13.2 Å². The number of amides is 1. The van der Waals surface area contributed by atoms with Crippen molar-refractivity contribution in [2.24, 2.45) is 10.4 Å². The lowest BCUT2D eigenvalue weighted by molar-refractivity contribution is -0.121. The average molecular weight is 417 g/mol. The third-order valence-corrected chi connectivity index (χ3v) is 7.51. The number of rotatable bonds is 10. The monoisotopic (exact) mass is 416 g/mol. The van der Waals surface area contributed by atoms with Crippen molar-refractivity contribution in [2.75, 3.05) is 44.9 Å². The first-order chi connectivity index (χ1) is 13.4. The van der Waals surface area contributed by atoms with Gasteiger partial charge >= 0.3 is 0 Å². The molecule has 0 aromatic heterocycles. The van der Waals surface area contributed by atoms with Crippen LogP contribution in [0.2, 0.25) is 0 Å². The van der Waals surface area contributed by atoms with Crippen LogP contribution >= 0.6 is 0 Å².